The van der Waals surface area contributed by atoms with Crippen LogP contribution in [0.25, 0.3) is 10.8 Å². The topological polar surface area (TPSA) is 137 Å². The van der Waals surface area contributed by atoms with Crippen molar-refractivity contribution in [3.8, 4) is 23.0 Å². The van der Waals surface area contributed by atoms with Crippen molar-refractivity contribution < 1.29 is 20.4 Å². The van der Waals surface area contributed by atoms with Crippen LogP contribution in [-0.4, -0.2) is 56.4 Å². The Balaban J connectivity index is 0.00000506. The van der Waals surface area contributed by atoms with Gasteiger partial charge in [0.25, 0.3) is 0 Å². The summed E-state index contributed by atoms with van der Waals surface area (Å²) in [6.45, 7) is 12.8. The average Bonchev–Trinajstić information content (AvgIpc) is 3.00. The first kappa shape index (κ1) is 33.3. The first-order valence-electron chi connectivity index (χ1n) is 14.2. The second-order valence-electron chi connectivity index (χ2n) is 9.91. The van der Waals surface area contributed by atoms with Gasteiger partial charge in [-0.05, 0) is 86.8 Å². The van der Waals surface area contributed by atoms with Crippen molar-refractivity contribution in [3.05, 3.63) is 71.8 Å². The van der Waals surface area contributed by atoms with Gasteiger partial charge in [-0.2, -0.15) is 10.2 Å². The highest BCUT2D eigenvalue weighted by Crippen LogP contribution is 2.44. The number of aromatic hydroxyl groups is 4. The molecule has 43 heavy (non-hydrogen) atoms. The van der Waals surface area contributed by atoms with Gasteiger partial charge in [-0.3, -0.25) is 9.80 Å². The number of azo groups is 2. The number of phenolic OH excluding ortho intramolecular Hbond substituents is 4. The van der Waals surface area contributed by atoms with Gasteiger partial charge in [-0.1, -0.05) is 27.7 Å². The third kappa shape index (κ3) is 7.98. The molecule has 228 valence electrons. The quantitative estimate of drug-likeness (QED) is 0.119. The SMILES string of the molecule is CCN(CC)Cc1cc(N=Nc2c(O)ccc3c(N=Nc4ccc(O)c(CN(CC)CC)c4)c(O)ccc23)ccc1O.Cl. The minimum absolute atomic E-state index is 0. The molecule has 0 radical (unpaired) electrons. The van der Waals surface area contributed by atoms with Gasteiger partial charge < -0.3 is 20.4 Å². The van der Waals surface area contributed by atoms with Gasteiger partial charge in [0, 0.05) is 35.0 Å². The molecule has 0 aromatic heterocycles. The van der Waals surface area contributed by atoms with Crippen molar-refractivity contribution >= 4 is 45.9 Å². The lowest BCUT2D eigenvalue weighted by Crippen LogP contribution is -2.22. The number of halogens is 1. The fraction of sp³-hybridized carbons (Fsp3) is 0.312. The van der Waals surface area contributed by atoms with Crippen molar-refractivity contribution in [1.82, 2.24) is 9.80 Å². The molecule has 0 fully saturated rings. The first-order chi connectivity index (χ1) is 20.3. The minimum atomic E-state index is -0.0819. The number of hydrogen-bond acceptors (Lipinski definition) is 10. The highest BCUT2D eigenvalue weighted by molar-refractivity contribution is 6.03. The Morgan fingerprint density at radius 1 is 0.488 bits per heavy atom. The minimum Gasteiger partial charge on any atom is -0.508 e. The van der Waals surface area contributed by atoms with Crippen LogP contribution in [-0.2, 0) is 13.1 Å². The molecule has 4 aromatic carbocycles. The van der Waals surface area contributed by atoms with Crippen molar-refractivity contribution in [3.63, 3.8) is 0 Å². The molecule has 4 rings (SSSR count). The Bertz CT molecular complexity index is 1480. The fourth-order valence-corrected chi connectivity index (χ4v) is 4.67. The number of phenols is 4. The lowest BCUT2D eigenvalue weighted by atomic mass is 10.1. The monoisotopic (exact) mass is 606 g/mol. The van der Waals surface area contributed by atoms with E-state index in [0.29, 0.717) is 35.2 Å². The van der Waals surface area contributed by atoms with E-state index in [4.69, 9.17) is 0 Å². The zero-order valence-electron chi connectivity index (χ0n) is 24.9. The first-order valence-corrected chi connectivity index (χ1v) is 14.2. The van der Waals surface area contributed by atoms with Gasteiger partial charge in [0.2, 0.25) is 0 Å². The lowest BCUT2D eigenvalue weighted by molar-refractivity contribution is 0.291. The summed E-state index contributed by atoms with van der Waals surface area (Å²) in [6, 6.07) is 16.3. The van der Waals surface area contributed by atoms with Crippen LogP contribution in [0.5, 0.6) is 23.0 Å². The molecule has 0 aliphatic rings. The number of rotatable bonds is 12. The molecule has 0 heterocycles. The Hall–Kier alpha value is -4.25. The Morgan fingerprint density at radius 2 is 0.837 bits per heavy atom. The molecule has 0 saturated carbocycles. The Morgan fingerprint density at radius 3 is 1.19 bits per heavy atom. The molecule has 0 unspecified atom stereocenters. The molecular weight excluding hydrogens is 568 g/mol. The summed E-state index contributed by atoms with van der Waals surface area (Å²) >= 11 is 0. The summed E-state index contributed by atoms with van der Waals surface area (Å²) < 4.78 is 0. The van der Waals surface area contributed by atoms with E-state index in [9.17, 15) is 20.4 Å². The van der Waals surface area contributed by atoms with Crippen molar-refractivity contribution in [2.75, 3.05) is 26.2 Å². The van der Waals surface area contributed by atoms with Crippen LogP contribution >= 0.6 is 12.4 Å². The van der Waals surface area contributed by atoms with Gasteiger partial charge in [0.1, 0.15) is 34.4 Å². The maximum atomic E-state index is 10.7. The van der Waals surface area contributed by atoms with E-state index >= 15 is 0 Å². The second-order valence-corrected chi connectivity index (χ2v) is 9.91. The highest BCUT2D eigenvalue weighted by atomic mass is 35.5. The van der Waals surface area contributed by atoms with Gasteiger partial charge in [-0.25, -0.2) is 0 Å². The standard InChI is InChI=1S/C32H38N6O4.ClH/c1-5-37(6-2)19-21-17-23(9-13-27(21)39)33-35-31-25-11-16-30(42)32(26(25)12-15-29(31)41)36-34-24-10-14-28(40)22(18-24)20-38(7-3)8-4;/h9-18,39-42H,5-8,19-20H2,1-4H3;1H. The van der Waals surface area contributed by atoms with Gasteiger partial charge in [0.15, 0.2) is 0 Å². The smallest absolute Gasteiger partial charge is 0.143 e. The van der Waals surface area contributed by atoms with E-state index in [1.807, 2.05) is 0 Å². The lowest BCUT2D eigenvalue weighted by Gasteiger charge is -2.18. The zero-order chi connectivity index (χ0) is 30.2. The van der Waals surface area contributed by atoms with Gasteiger partial charge in [-0.15, -0.1) is 22.6 Å². The molecule has 0 saturated heterocycles. The molecule has 0 atom stereocenters. The van der Waals surface area contributed by atoms with Crippen LogP contribution in [0.2, 0.25) is 0 Å². The van der Waals surface area contributed by atoms with Crippen LogP contribution in [0.1, 0.15) is 38.8 Å². The number of benzene rings is 4. The third-order valence-electron chi connectivity index (χ3n) is 7.34. The maximum absolute atomic E-state index is 10.7. The zero-order valence-corrected chi connectivity index (χ0v) is 25.7. The van der Waals surface area contributed by atoms with Crippen LogP contribution in [0.4, 0.5) is 22.7 Å². The van der Waals surface area contributed by atoms with E-state index in [1.165, 1.54) is 12.1 Å². The van der Waals surface area contributed by atoms with Crippen molar-refractivity contribution in [1.29, 1.82) is 0 Å². The number of fused-ring (bicyclic) bond motifs is 1. The summed E-state index contributed by atoms with van der Waals surface area (Å²) in [5.74, 6) is 0.212. The summed E-state index contributed by atoms with van der Waals surface area (Å²) in [5.41, 5.74) is 2.96. The molecular formula is C32H39ClN6O4. The van der Waals surface area contributed by atoms with E-state index in [1.54, 1.807) is 48.5 Å². The largest absolute Gasteiger partial charge is 0.508 e. The molecule has 0 amide bonds. The number of hydrogen-bond donors (Lipinski definition) is 4. The van der Waals surface area contributed by atoms with E-state index in [2.05, 4.69) is 58.0 Å². The van der Waals surface area contributed by atoms with Crippen molar-refractivity contribution in [2.45, 2.75) is 40.8 Å². The predicted octanol–water partition coefficient (Wildman–Crippen LogP) is 8.60. The third-order valence-corrected chi connectivity index (χ3v) is 7.34. The Labute approximate surface area is 258 Å². The van der Waals surface area contributed by atoms with Gasteiger partial charge >= 0.3 is 0 Å². The maximum Gasteiger partial charge on any atom is 0.143 e. The molecule has 4 aromatic rings. The predicted molar refractivity (Wildman–Crippen MR) is 172 cm³/mol. The Kier molecular flexibility index (Phi) is 11.8. The molecule has 0 spiro atoms. The van der Waals surface area contributed by atoms with Crippen LogP contribution in [0, 0.1) is 0 Å². The van der Waals surface area contributed by atoms with Crippen LogP contribution in [0.3, 0.4) is 0 Å². The molecule has 4 N–H and O–H groups in total. The summed E-state index contributed by atoms with van der Waals surface area (Å²) in [7, 11) is 0. The average molecular weight is 607 g/mol. The summed E-state index contributed by atoms with van der Waals surface area (Å²) in [5, 5.41) is 60.4. The second kappa shape index (κ2) is 15.3. The van der Waals surface area contributed by atoms with Gasteiger partial charge in [0.05, 0.1) is 11.4 Å². The summed E-state index contributed by atoms with van der Waals surface area (Å²) in [6.07, 6.45) is 0. The molecule has 11 heteroatoms. The van der Waals surface area contributed by atoms with Crippen LogP contribution < -0.4 is 0 Å². The van der Waals surface area contributed by atoms with Crippen LogP contribution in [0.15, 0.2) is 81.1 Å². The van der Waals surface area contributed by atoms with E-state index in [-0.39, 0.29) is 46.8 Å². The van der Waals surface area contributed by atoms with Crippen molar-refractivity contribution in [2.24, 2.45) is 20.5 Å². The molecule has 10 nitrogen and oxygen atoms in total. The van der Waals surface area contributed by atoms with E-state index < -0.39 is 0 Å². The molecule has 0 bridgehead atoms. The highest BCUT2D eigenvalue weighted by Gasteiger charge is 2.14. The molecule has 0 aliphatic carbocycles. The summed E-state index contributed by atoms with van der Waals surface area (Å²) in [4.78, 5) is 4.36. The number of nitrogens with zero attached hydrogens (tertiary/aromatic N) is 6. The fourth-order valence-electron chi connectivity index (χ4n) is 4.67. The normalized spacial score (nSPS) is 11.8. The molecule has 0 aliphatic heterocycles. The van der Waals surface area contributed by atoms with E-state index in [0.717, 1.165) is 37.3 Å².